The first-order valence-corrected chi connectivity index (χ1v) is 10.6. The summed E-state index contributed by atoms with van der Waals surface area (Å²) in [4.78, 5) is 0. The molecule has 0 radical (unpaired) electrons. The number of rotatable bonds is 10. The molecule has 0 amide bonds. The van der Waals surface area contributed by atoms with Gasteiger partial charge < -0.3 is 28.4 Å². The molecule has 0 saturated heterocycles. The second-order valence-corrected chi connectivity index (χ2v) is 10.1. The van der Waals surface area contributed by atoms with Crippen LogP contribution in [-0.2, 0) is 28.4 Å². The van der Waals surface area contributed by atoms with E-state index in [9.17, 15) is 0 Å². The van der Waals surface area contributed by atoms with E-state index in [1.165, 1.54) is 0 Å². The summed E-state index contributed by atoms with van der Waals surface area (Å²) in [5.74, 6) is 0.864. The molecule has 2 unspecified atom stereocenters. The molecule has 1 aliphatic rings. The van der Waals surface area contributed by atoms with Crippen LogP contribution >= 0.6 is 0 Å². The summed E-state index contributed by atoms with van der Waals surface area (Å²) in [6, 6.07) is 0. The van der Waals surface area contributed by atoms with Crippen molar-refractivity contribution in [1.29, 1.82) is 0 Å². The second-order valence-electron chi connectivity index (χ2n) is 6.93. The molecule has 0 aromatic heterocycles. The van der Waals surface area contributed by atoms with Crippen molar-refractivity contribution in [3.05, 3.63) is 0 Å². The lowest BCUT2D eigenvalue weighted by atomic mass is 9.76. The van der Waals surface area contributed by atoms with Crippen LogP contribution in [0, 0.1) is 11.8 Å². The molecule has 6 nitrogen and oxygen atoms in total. The van der Waals surface area contributed by atoms with Gasteiger partial charge in [0.1, 0.15) is 10.4 Å². The maximum atomic E-state index is 5.90. The van der Waals surface area contributed by atoms with E-state index in [2.05, 4.69) is 0 Å². The van der Waals surface area contributed by atoms with Crippen LogP contribution in [0.5, 0.6) is 0 Å². The Labute approximate surface area is 152 Å². The molecule has 1 rings (SSSR count). The molecule has 0 spiro atoms. The van der Waals surface area contributed by atoms with Gasteiger partial charge in [0.2, 0.25) is 0 Å². The SMILES string of the molecule is COC(OC)C([SiH3])(OC)C1CCC(C([SiH3])(OC)C(OC)OC)CC1. The van der Waals surface area contributed by atoms with Crippen LogP contribution in [0.25, 0.3) is 0 Å². The highest BCUT2D eigenvalue weighted by atomic mass is 28.1. The maximum absolute atomic E-state index is 5.90. The summed E-state index contributed by atoms with van der Waals surface area (Å²) in [6.07, 6.45) is 3.64. The average molecular weight is 381 g/mol. The summed E-state index contributed by atoms with van der Waals surface area (Å²) in [6.45, 7) is 0. The van der Waals surface area contributed by atoms with E-state index < -0.39 is 0 Å². The Balaban J connectivity index is 2.84. The summed E-state index contributed by atoms with van der Waals surface area (Å²) < 4.78 is 33.9. The third-order valence-electron chi connectivity index (χ3n) is 6.02. The van der Waals surface area contributed by atoms with Crippen molar-refractivity contribution in [2.75, 3.05) is 42.7 Å². The fourth-order valence-corrected chi connectivity index (χ4v) is 6.38. The van der Waals surface area contributed by atoms with Crippen LogP contribution < -0.4 is 0 Å². The molecule has 1 aliphatic carbocycles. The summed E-state index contributed by atoms with van der Waals surface area (Å²) in [5.41, 5.74) is 0. The number of hydrogen-bond acceptors (Lipinski definition) is 6. The van der Waals surface area contributed by atoms with Crippen molar-refractivity contribution >= 4 is 20.5 Å². The fraction of sp³-hybridized carbons (Fsp3) is 1.00. The van der Waals surface area contributed by atoms with Gasteiger partial charge in [-0.1, -0.05) is 0 Å². The minimum atomic E-state index is -0.322. The smallest absolute Gasteiger partial charge is 0.181 e. The standard InChI is InChI=1S/C16H36O6Si2/c1-17-13(18-2)15(23,21-5)11-7-9-12(10-8-11)16(24,22-6)14(19-3)20-4/h11-14H,7-10H2,1-6,23-24H3. The minimum absolute atomic E-state index is 0.315. The Kier molecular flexibility index (Phi) is 9.05. The number of ether oxygens (including phenoxy) is 6. The fourth-order valence-electron chi connectivity index (χ4n) is 4.28. The molecule has 2 atom stereocenters. The molecule has 0 aromatic rings. The minimum Gasteiger partial charge on any atom is -0.377 e. The van der Waals surface area contributed by atoms with Crippen LogP contribution in [0.2, 0.25) is 0 Å². The van der Waals surface area contributed by atoms with Crippen LogP contribution in [0.15, 0.2) is 0 Å². The van der Waals surface area contributed by atoms with E-state index in [0.717, 1.165) is 46.2 Å². The largest absolute Gasteiger partial charge is 0.377 e. The highest BCUT2D eigenvalue weighted by Crippen LogP contribution is 2.43. The van der Waals surface area contributed by atoms with Gasteiger partial charge in [-0.3, -0.25) is 0 Å². The molecule has 1 saturated carbocycles. The Hall–Kier alpha value is 0.194. The zero-order chi connectivity index (χ0) is 18.4. The van der Waals surface area contributed by atoms with Gasteiger partial charge in [0.15, 0.2) is 12.6 Å². The van der Waals surface area contributed by atoms with Crippen LogP contribution in [0.1, 0.15) is 25.7 Å². The second kappa shape index (κ2) is 9.77. The van der Waals surface area contributed by atoms with Gasteiger partial charge in [-0.15, -0.1) is 0 Å². The van der Waals surface area contributed by atoms with Crippen LogP contribution in [0.3, 0.4) is 0 Å². The van der Waals surface area contributed by atoms with Gasteiger partial charge >= 0.3 is 0 Å². The summed E-state index contributed by atoms with van der Waals surface area (Å²) in [7, 11) is 12.0. The van der Waals surface area contributed by atoms with Gasteiger partial charge in [-0.25, -0.2) is 0 Å². The molecule has 24 heavy (non-hydrogen) atoms. The molecule has 8 heteroatoms. The molecule has 1 fully saturated rings. The van der Waals surface area contributed by atoms with Gasteiger partial charge in [0, 0.05) is 42.7 Å². The van der Waals surface area contributed by atoms with Crippen molar-refractivity contribution in [1.82, 2.24) is 0 Å². The van der Waals surface area contributed by atoms with E-state index in [4.69, 9.17) is 28.4 Å². The lowest BCUT2D eigenvalue weighted by Crippen LogP contribution is -2.57. The first kappa shape index (κ1) is 22.2. The Morgan fingerprint density at radius 3 is 1.04 bits per heavy atom. The Morgan fingerprint density at radius 2 is 0.875 bits per heavy atom. The maximum Gasteiger partial charge on any atom is 0.181 e. The third kappa shape index (κ3) is 4.29. The number of hydrogen-bond donors (Lipinski definition) is 0. The van der Waals surface area contributed by atoms with Crippen molar-refractivity contribution in [3.8, 4) is 0 Å². The predicted octanol–water partition coefficient (Wildman–Crippen LogP) is -0.553. The first-order valence-electron chi connectivity index (χ1n) is 8.59. The van der Waals surface area contributed by atoms with E-state index in [-0.39, 0.29) is 23.0 Å². The van der Waals surface area contributed by atoms with Gasteiger partial charge in [0.05, 0.1) is 20.5 Å². The van der Waals surface area contributed by atoms with Gasteiger partial charge in [-0.2, -0.15) is 0 Å². The van der Waals surface area contributed by atoms with Gasteiger partial charge in [-0.05, 0) is 37.5 Å². The molecule has 0 N–H and O–H groups in total. The number of methoxy groups -OCH3 is 6. The third-order valence-corrected chi connectivity index (χ3v) is 9.41. The van der Waals surface area contributed by atoms with Crippen molar-refractivity contribution in [2.45, 2.75) is 48.7 Å². The quantitative estimate of drug-likeness (QED) is 0.374. The van der Waals surface area contributed by atoms with Crippen LogP contribution in [-0.4, -0.2) is 86.2 Å². The molecular weight excluding hydrogens is 344 g/mol. The predicted molar refractivity (Wildman–Crippen MR) is 100 cm³/mol. The highest BCUT2D eigenvalue weighted by Gasteiger charge is 2.48. The molecular formula is C16H36O6Si2. The normalized spacial score (nSPS) is 27.5. The van der Waals surface area contributed by atoms with E-state index in [1.54, 1.807) is 42.7 Å². The van der Waals surface area contributed by atoms with Crippen LogP contribution in [0.4, 0.5) is 0 Å². The Morgan fingerprint density at radius 1 is 0.625 bits per heavy atom. The molecule has 0 heterocycles. The van der Waals surface area contributed by atoms with Crippen molar-refractivity contribution in [2.24, 2.45) is 11.8 Å². The Bertz CT molecular complexity index is 324. The molecule has 0 bridgehead atoms. The van der Waals surface area contributed by atoms with E-state index in [0.29, 0.717) is 11.8 Å². The topological polar surface area (TPSA) is 55.4 Å². The van der Waals surface area contributed by atoms with E-state index in [1.807, 2.05) is 0 Å². The molecule has 0 aliphatic heterocycles. The first-order chi connectivity index (χ1) is 11.4. The highest BCUT2D eigenvalue weighted by molar-refractivity contribution is 6.15. The monoisotopic (exact) mass is 380 g/mol. The van der Waals surface area contributed by atoms with Gasteiger partial charge in [0.25, 0.3) is 0 Å². The lowest BCUT2D eigenvalue weighted by Gasteiger charge is -2.48. The lowest BCUT2D eigenvalue weighted by molar-refractivity contribution is -0.226. The van der Waals surface area contributed by atoms with Crippen molar-refractivity contribution < 1.29 is 28.4 Å². The summed E-state index contributed by atoms with van der Waals surface area (Å²) >= 11 is 0. The molecule has 144 valence electrons. The average Bonchev–Trinajstić information content (AvgIpc) is 2.63. The summed E-state index contributed by atoms with van der Waals surface area (Å²) in [5, 5.41) is -0.644. The van der Waals surface area contributed by atoms with E-state index >= 15 is 0 Å². The van der Waals surface area contributed by atoms with Crippen molar-refractivity contribution in [3.63, 3.8) is 0 Å². The molecule has 0 aromatic carbocycles. The zero-order valence-electron chi connectivity index (χ0n) is 16.6. The zero-order valence-corrected chi connectivity index (χ0v) is 20.6.